The molecule has 0 radical (unpaired) electrons. The third kappa shape index (κ3) is 11.7. The molecule has 0 heterocycles. The Morgan fingerprint density at radius 1 is 1.23 bits per heavy atom. The van der Waals surface area contributed by atoms with Crippen LogP contribution in [0.4, 0.5) is 0 Å². The van der Waals surface area contributed by atoms with E-state index in [0.29, 0.717) is 0 Å². The van der Waals surface area contributed by atoms with Crippen LogP contribution in [0.5, 0.6) is 0 Å². The minimum Gasteiger partial charge on any atom is -0.381 e. The lowest BCUT2D eigenvalue weighted by atomic mass is 10.2. The molecular formula is C11H23NO. The molecule has 0 atom stereocenters. The molecule has 0 aromatic heterocycles. The summed E-state index contributed by atoms with van der Waals surface area (Å²) in [6, 6.07) is 0. The maximum atomic E-state index is 5.39. The molecule has 0 unspecified atom stereocenters. The van der Waals surface area contributed by atoms with Crippen molar-refractivity contribution in [3.05, 3.63) is 12.7 Å². The Kier molecular flexibility index (Phi) is 11.4. The molecule has 0 aliphatic rings. The molecule has 0 aromatic rings. The highest BCUT2D eigenvalue weighted by Crippen LogP contribution is 1.95. The Morgan fingerprint density at radius 2 is 2.08 bits per heavy atom. The fourth-order valence-electron chi connectivity index (χ4n) is 1.08. The molecular weight excluding hydrogens is 162 g/mol. The Balaban J connectivity index is 2.79. The molecule has 0 saturated carbocycles. The minimum atomic E-state index is 0.830. The third-order valence-electron chi connectivity index (χ3n) is 1.86. The molecule has 0 aliphatic heterocycles. The van der Waals surface area contributed by atoms with E-state index in [-0.39, 0.29) is 0 Å². The van der Waals surface area contributed by atoms with Crippen molar-refractivity contribution in [2.75, 3.05) is 26.3 Å². The molecule has 78 valence electrons. The predicted molar refractivity (Wildman–Crippen MR) is 58.0 cm³/mol. The lowest BCUT2D eigenvalue weighted by Gasteiger charge is -2.03. The highest BCUT2D eigenvalue weighted by Gasteiger charge is 1.89. The molecule has 1 N–H and O–H groups in total. The molecule has 2 nitrogen and oxygen atoms in total. The standard InChI is InChI=1S/C11H23NO/c1-3-5-10-13-11-8-6-7-9-12-4-2/h3,12H,1,4-11H2,2H3. The first-order valence-electron chi connectivity index (χ1n) is 5.31. The second-order valence-electron chi connectivity index (χ2n) is 3.10. The van der Waals surface area contributed by atoms with Crippen LogP contribution in [-0.2, 0) is 4.74 Å². The average molecular weight is 185 g/mol. The van der Waals surface area contributed by atoms with Crippen LogP contribution in [0, 0.1) is 0 Å². The van der Waals surface area contributed by atoms with Crippen molar-refractivity contribution >= 4 is 0 Å². The van der Waals surface area contributed by atoms with Crippen LogP contribution in [0.1, 0.15) is 32.6 Å². The average Bonchev–Trinajstić information content (AvgIpc) is 2.16. The van der Waals surface area contributed by atoms with Gasteiger partial charge in [0.25, 0.3) is 0 Å². The van der Waals surface area contributed by atoms with Crippen molar-refractivity contribution in [2.45, 2.75) is 32.6 Å². The number of hydrogen-bond acceptors (Lipinski definition) is 2. The Bertz CT molecular complexity index is 104. The molecule has 0 fully saturated rings. The van der Waals surface area contributed by atoms with Crippen molar-refractivity contribution in [3.63, 3.8) is 0 Å². The summed E-state index contributed by atoms with van der Waals surface area (Å²) in [5.41, 5.74) is 0. The first-order valence-corrected chi connectivity index (χ1v) is 5.31. The molecule has 0 amide bonds. The van der Waals surface area contributed by atoms with E-state index in [2.05, 4.69) is 18.8 Å². The lowest BCUT2D eigenvalue weighted by molar-refractivity contribution is 0.134. The van der Waals surface area contributed by atoms with Crippen LogP contribution in [0.25, 0.3) is 0 Å². The van der Waals surface area contributed by atoms with Gasteiger partial charge >= 0.3 is 0 Å². The summed E-state index contributed by atoms with van der Waals surface area (Å²) in [6.45, 7) is 9.73. The van der Waals surface area contributed by atoms with Gasteiger partial charge in [-0.05, 0) is 38.8 Å². The third-order valence-corrected chi connectivity index (χ3v) is 1.86. The van der Waals surface area contributed by atoms with E-state index in [1.54, 1.807) is 0 Å². The molecule has 0 spiro atoms. The van der Waals surface area contributed by atoms with Crippen LogP contribution in [0.2, 0.25) is 0 Å². The lowest BCUT2D eigenvalue weighted by Crippen LogP contribution is -2.13. The molecule has 0 saturated heterocycles. The zero-order valence-electron chi connectivity index (χ0n) is 8.85. The SMILES string of the molecule is C=CCCOCCCCCNCC. The Labute approximate surface area is 82.4 Å². The maximum absolute atomic E-state index is 5.39. The molecule has 2 heteroatoms. The second-order valence-corrected chi connectivity index (χ2v) is 3.10. The normalized spacial score (nSPS) is 10.2. The van der Waals surface area contributed by atoms with E-state index in [1.165, 1.54) is 19.3 Å². The van der Waals surface area contributed by atoms with E-state index in [1.807, 2.05) is 6.08 Å². The predicted octanol–water partition coefficient (Wildman–Crippen LogP) is 2.36. The van der Waals surface area contributed by atoms with E-state index in [4.69, 9.17) is 4.74 Å². The van der Waals surface area contributed by atoms with Crippen LogP contribution in [0.15, 0.2) is 12.7 Å². The summed E-state index contributed by atoms with van der Waals surface area (Å²) in [7, 11) is 0. The van der Waals surface area contributed by atoms with Gasteiger partial charge in [-0.25, -0.2) is 0 Å². The summed E-state index contributed by atoms with van der Waals surface area (Å²) >= 11 is 0. The van der Waals surface area contributed by atoms with Gasteiger partial charge in [-0.1, -0.05) is 13.0 Å². The van der Waals surface area contributed by atoms with E-state index >= 15 is 0 Å². The first kappa shape index (κ1) is 12.7. The van der Waals surface area contributed by atoms with Crippen LogP contribution in [0.3, 0.4) is 0 Å². The zero-order chi connectivity index (χ0) is 9.78. The van der Waals surface area contributed by atoms with Crippen molar-refractivity contribution in [3.8, 4) is 0 Å². The molecule has 0 aliphatic carbocycles. The quantitative estimate of drug-likeness (QED) is 0.417. The summed E-state index contributed by atoms with van der Waals surface area (Å²) in [4.78, 5) is 0. The summed E-state index contributed by atoms with van der Waals surface area (Å²) in [5.74, 6) is 0. The van der Waals surface area contributed by atoms with Crippen LogP contribution in [-0.4, -0.2) is 26.3 Å². The topological polar surface area (TPSA) is 21.3 Å². The summed E-state index contributed by atoms with van der Waals surface area (Å²) in [5, 5.41) is 3.31. The first-order chi connectivity index (χ1) is 6.41. The molecule has 13 heavy (non-hydrogen) atoms. The van der Waals surface area contributed by atoms with Crippen molar-refractivity contribution in [1.82, 2.24) is 5.32 Å². The fraction of sp³-hybridized carbons (Fsp3) is 0.818. The Hall–Kier alpha value is -0.340. The van der Waals surface area contributed by atoms with Gasteiger partial charge in [0.1, 0.15) is 0 Å². The highest BCUT2D eigenvalue weighted by molar-refractivity contribution is 4.64. The molecule has 0 aromatic carbocycles. The van der Waals surface area contributed by atoms with Gasteiger partial charge in [0, 0.05) is 13.2 Å². The molecule has 0 bridgehead atoms. The van der Waals surface area contributed by atoms with Crippen LogP contribution >= 0.6 is 0 Å². The number of rotatable bonds is 10. The monoisotopic (exact) mass is 185 g/mol. The van der Waals surface area contributed by atoms with Gasteiger partial charge < -0.3 is 10.1 Å². The van der Waals surface area contributed by atoms with Gasteiger partial charge in [-0.15, -0.1) is 6.58 Å². The fourth-order valence-corrected chi connectivity index (χ4v) is 1.08. The van der Waals surface area contributed by atoms with E-state index < -0.39 is 0 Å². The van der Waals surface area contributed by atoms with Crippen molar-refractivity contribution in [2.24, 2.45) is 0 Å². The largest absolute Gasteiger partial charge is 0.381 e. The zero-order valence-corrected chi connectivity index (χ0v) is 8.85. The van der Waals surface area contributed by atoms with E-state index in [9.17, 15) is 0 Å². The van der Waals surface area contributed by atoms with E-state index in [0.717, 1.165) is 32.7 Å². The summed E-state index contributed by atoms with van der Waals surface area (Å²) < 4.78 is 5.39. The van der Waals surface area contributed by atoms with Gasteiger partial charge in [-0.2, -0.15) is 0 Å². The van der Waals surface area contributed by atoms with Crippen LogP contribution < -0.4 is 5.32 Å². The molecule has 0 rings (SSSR count). The van der Waals surface area contributed by atoms with Gasteiger partial charge in [0.05, 0.1) is 0 Å². The highest BCUT2D eigenvalue weighted by atomic mass is 16.5. The second kappa shape index (κ2) is 11.7. The van der Waals surface area contributed by atoms with Gasteiger partial charge in [0.2, 0.25) is 0 Å². The van der Waals surface area contributed by atoms with Crippen molar-refractivity contribution in [1.29, 1.82) is 0 Å². The van der Waals surface area contributed by atoms with Gasteiger partial charge in [0.15, 0.2) is 0 Å². The number of unbranched alkanes of at least 4 members (excludes halogenated alkanes) is 2. The number of hydrogen-bond donors (Lipinski definition) is 1. The van der Waals surface area contributed by atoms with Crippen molar-refractivity contribution < 1.29 is 4.74 Å². The number of ether oxygens (including phenoxy) is 1. The minimum absolute atomic E-state index is 0.830. The summed E-state index contributed by atoms with van der Waals surface area (Å²) in [6.07, 6.45) is 6.57. The maximum Gasteiger partial charge on any atom is 0.0500 e. The Morgan fingerprint density at radius 3 is 2.77 bits per heavy atom. The van der Waals surface area contributed by atoms with Gasteiger partial charge in [-0.3, -0.25) is 0 Å². The smallest absolute Gasteiger partial charge is 0.0500 e. The number of nitrogens with one attached hydrogen (secondary N) is 1.